The van der Waals surface area contributed by atoms with Crippen molar-refractivity contribution in [1.29, 1.82) is 0 Å². The van der Waals surface area contributed by atoms with Crippen LogP contribution < -0.4 is 5.56 Å². The van der Waals surface area contributed by atoms with Gasteiger partial charge in [0.05, 0.1) is 24.0 Å². The Kier molecular flexibility index (Phi) is 5.08. The number of rotatable bonds is 4. The predicted octanol–water partition coefficient (Wildman–Crippen LogP) is 2.19. The van der Waals surface area contributed by atoms with E-state index in [1.165, 1.54) is 0 Å². The van der Waals surface area contributed by atoms with Crippen molar-refractivity contribution in [3.63, 3.8) is 0 Å². The maximum atomic E-state index is 12.4. The van der Waals surface area contributed by atoms with Crippen molar-refractivity contribution < 1.29 is 0 Å². The maximum absolute atomic E-state index is 12.4. The van der Waals surface area contributed by atoms with Crippen LogP contribution in [0, 0.1) is 5.92 Å². The summed E-state index contributed by atoms with van der Waals surface area (Å²) in [5.74, 6) is 0.542. The summed E-state index contributed by atoms with van der Waals surface area (Å²) in [5, 5.41) is 0. The van der Waals surface area contributed by atoms with E-state index in [1.807, 2.05) is 17.9 Å². The smallest absolute Gasteiger partial charge is 0.253 e. The number of aromatic nitrogens is 4. The van der Waals surface area contributed by atoms with Gasteiger partial charge in [-0.15, -0.1) is 0 Å². The van der Waals surface area contributed by atoms with Crippen LogP contribution in [-0.2, 0) is 25.6 Å². The Bertz CT molecular complexity index is 763. The topological polar surface area (TPSA) is 56.0 Å². The van der Waals surface area contributed by atoms with Crippen LogP contribution in [0.2, 0.25) is 0 Å². The van der Waals surface area contributed by atoms with Gasteiger partial charge in [0.25, 0.3) is 5.56 Å². The standard InChI is InChI=1S/C19H29N5O/c1-19(2,3)17-9-18(25)24(14-21-17)10-15-5-7-23(8-6-15)12-16-11-22(4)13-20-16/h9,11,13-15H,5-8,10,12H2,1-4H3. The first-order valence-corrected chi connectivity index (χ1v) is 9.07. The molecule has 3 heterocycles. The van der Waals surface area contributed by atoms with Gasteiger partial charge in [0.1, 0.15) is 0 Å². The van der Waals surface area contributed by atoms with E-state index in [0.717, 1.165) is 50.4 Å². The number of imidazole rings is 1. The molecule has 1 saturated heterocycles. The normalized spacial score (nSPS) is 17.1. The van der Waals surface area contributed by atoms with E-state index in [1.54, 1.807) is 17.0 Å². The van der Waals surface area contributed by atoms with Gasteiger partial charge in [-0.1, -0.05) is 20.8 Å². The molecule has 3 rings (SSSR count). The molecule has 0 atom stereocenters. The van der Waals surface area contributed by atoms with Crippen molar-refractivity contribution in [2.24, 2.45) is 13.0 Å². The van der Waals surface area contributed by atoms with Gasteiger partial charge in [-0.05, 0) is 31.8 Å². The summed E-state index contributed by atoms with van der Waals surface area (Å²) in [6.07, 6.45) is 7.88. The molecule has 0 amide bonds. The molecular formula is C19H29N5O. The average molecular weight is 343 g/mol. The number of piperidine rings is 1. The minimum absolute atomic E-state index is 0.0656. The van der Waals surface area contributed by atoms with Gasteiger partial charge in [-0.25, -0.2) is 9.97 Å². The second-order valence-electron chi connectivity index (χ2n) is 8.26. The summed E-state index contributed by atoms with van der Waals surface area (Å²) in [7, 11) is 2.00. The van der Waals surface area contributed by atoms with Crippen LogP contribution in [0.4, 0.5) is 0 Å². The van der Waals surface area contributed by atoms with Gasteiger partial charge >= 0.3 is 0 Å². The molecule has 0 saturated carbocycles. The molecule has 1 fully saturated rings. The van der Waals surface area contributed by atoms with Gasteiger partial charge in [0.2, 0.25) is 0 Å². The fourth-order valence-electron chi connectivity index (χ4n) is 3.36. The Morgan fingerprint density at radius 3 is 2.44 bits per heavy atom. The van der Waals surface area contributed by atoms with Crippen molar-refractivity contribution in [3.8, 4) is 0 Å². The summed E-state index contributed by atoms with van der Waals surface area (Å²) in [6, 6.07) is 1.69. The Balaban J connectivity index is 1.54. The highest BCUT2D eigenvalue weighted by atomic mass is 16.1. The minimum atomic E-state index is -0.0882. The molecule has 25 heavy (non-hydrogen) atoms. The zero-order valence-corrected chi connectivity index (χ0v) is 15.8. The Labute approximate surface area is 149 Å². The second kappa shape index (κ2) is 7.12. The molecule has 0 radical (unpaired) electrons. The summed E-state index contributed by atoms with van der Waals surface area (Å²) in [5.41, 5.74) is 1.96. The monoisotopic (exact) mass is 343 g/mol. The molecule has 6 heteroatoms. The molecule has 0 N–H and O–H groups in total. The fraction of sp³-hybridized carbons (Fsp3) is 0.632. The lowest BCUT2D eigenvalue weighted by atomic mass is 9.92. The summed E-state index contributed by atoms with van der Waals surface area (Å²) in [4.78, 5) is 23.7. The molecule has 136 valence electrons. The van der Waals surface area contributed by atoms with Gasteiger partial charge in [-0.2, -0.15) is 0 Å². The molecule has 0 aliphatic carbocycles. The van der Waals surface area contributed by atoms with E-state index in [4.69, 9.17) is 0 Å². The number of likely N-dealkylation sites (tertiary alicyclic amines) is 1. The highest BCUT2D eigenvalue weighted by Crippen LogP contribution is 2.21. The molecule has 2 aromatic rings. The SMILES string of the molecule is Cn1cnc(CN2CCC(Cn3cnc(C(C)(C)C)cc3=O)CC2)c1. The first kappa shape index (κ1) is 17.9. The van der Waals surface area contributed by atoms with Crippen LogP contribution in [0.15, 0.2) is 29.7 Å². The summed E-state index contributed by atoms with van der Waals surface area (Å²) in [6.45, 7) is 10.0. The third-order valence-corrected chi connectivity index (χ3v) is 4.95. The zero-order chi connectivity index (χ0) is 18.0. The van der Waals surface area contributed by atoms with Crippen molar-refractivity contribution in [3.05, 3.63) is 46.7 Å². The zero-order valence-electron chi connectivity index (χ0n) is 15.8. The minimum Gasteiger partial charge on any atom is -0.340 e. The number of hydrogen-bond donors (Lipinski definition) is 0. The van der Waals surface area contributed by atoms with Gasteiger partial charge in [0, 0.05) is 37.8 Å². The Morgan fingerprint density at radius 1 is 1.16 bits per heavy atom. The van der Waals surface area contributed by atoms with Crippen LogP contribution in [0.5, 0.6) is 0 Å². The third kappa shape index (κ3) is 4.57. The lowest BCUT2D eigenvalue weighted by molar-refractivity contribution is 0.165. The number of aryl methyl sites for hydroxylation is 1. The number of hydrogen-bond acceptors (Lipinski definition) is 4. The lowest BCUT2D eigenvalue weighted by Crippen LogP contribution is -2.36. The molecule has 0 aromatic carbocycles. The quantitative estimate of drug-likeness (QED) is 0.854. The van der Waals surface area contributed by atoms with Crippen molar-refractivity contribution in [2.75, 3.05) is 13.1 Å². The van der Waals surface area contributed by atoms with Crippen LogP contribution in [-0.4, -0.2) is 37.1 Å². The fourth-order valence-corrected chi connectivity index (χ4v) is 3.36. The van der Waals surface area contributed by atoms with Crippen LogP contribution >= 0.6 is 0 Å². The molecule has 0 unspecified atom stereocenters. The van der Waals surface area contributed by atoms with E-state index in [-0.39, 0.29) is 11.0 Å². The molecule has 6 nitrogen and oxygen atoms in total. The largest absolute Gasteiger partial charge is 0.340 e. The van der Waals surface area contributed by atoms with E-state index in [2.05, 4.69) is 41.8 Å². The van der Waals surface area contributed by atoms with Crippen LogP contribution in [0.1, 0.15) is 45.0 Å². The molecular weight excluding hydrogens is 314 g/mol. The van der Waals surface area contributed by atoms with Gasteiger partial charge < -0.3 is 4.57 Å². The molecule has 2 aromatic heterocycles. The van der Waals surface area contributed by atoms with Gasteiger partial charge in [-0.3, -0.25) is 14.3 Å². The summed E-state index contributed by atoms with van der Waals surface area (Å²) < 4.78 is 3.76. The first-order chi connectivity index (χ1) is 11.8. The highest BCUT2D eigenvalue weighted by Gasteiger charge is 2.21. The van der Waals surface area contributed by atoms with E-state index in [9.17, 15) is 4.79 Å². The molecule has 0 spiro atoms. The molecule has 1 aliphatic rings. The average Bonchev–Trinajstić information content (AvgIpc) is 2.95. The van der Waals surface area contributed by atoms with E-state index >= 15 is 0 Å². The van der Waals surface area contributed by atoms with Gasteiger partial charge in [0.15, 0.2) is 0 Å². The predicted molar refractivity (Wildman–Crippen MR) is 98.4 cm³/mol. The molecule has 0 bridgehead atoms. The Hall–Kier alpha value is -1.95. The van der Waals surface area contributed by atoms with Crippen molar-refractivity contribution in [2.45, 2.75) is 52.1 Å². The maximum Gasteiger partial charge on any atom is 0.253 e. The number of nitrogens with zero attached hydrogens (tertiary/aromatic N) is 5. The highest BCUT2D eigenvalue weighted by molar-refractivity contribution is 5.10. The first-order valence-electron chi connectivity index (χ1n) is 9.07. The Morgan fingerprint density at radius 2 is 1.88 bits per heavy atom. The van der Waals surface area contributed by atoms with Crippen LogP contribution in [0.25, 0.3) is 0 Å². The van der Waals surface area contributed by atoms with Crippen molar-refractivity contribution >= 4 is 0 Å². The second-order valence-corrected chi connectivity index (χ2v) is 8.26. The molecule has 1 aliphatic heterocycles. The third-order valence-electron chi connectivity index (χ3n) is 4.95. The lowest BCUT2D eigenvalue weighted by Gasteiger charge is -2.31. The van der Waals surface area contributed by atoms with E-state index in [0.29, 0.717) is 5.92 Å². The van der Waals surface area contributed by atoms with E-state index < -0.39 is 0 Å². The summed E-state index contributed by atoms with van der Waals surface area (Å²) >= 11 is 0. The van der Waals surface area contributed by atoms with Crippen molar-refractivity contribution in [1.82, 2.24) is 24.0 Å². The van der Waals surface area contributed by atoms with Crippen LogP contribution in [0.3, 0.4) is 0 Å².